The standard InChI is InChI=1S/C13H9ClINO3/c14-12-5-4-9(6-13(12)16(17)18)8-19-11-3-1-2-10(15)7-11/h1-7H,8H2. The van der Waals surface area contributed by atoms with E-state index in [9.17, 15) is 10.1 Å². The fraction of sp³-hybridized carbons (Fsp3) is 0.0769. The van der Waals surface area contributed by atoms with Gasteiger partial charge in [-0.2, -0.15) is 0 Å². The number of hydrogen-bond donors (Lipinski definition) is 0. The predicted molar refractivity (Wildman–Crippen MR) is 81.6 cm³/mol. The molecule has 0 unspecified atom stereocenters. The first kappa shape index (κ1) is 14.1. The molecule has 0 aliphatic rings. The summed E-state index contributed by atoms with van der Waals surface area (Å²) in [6, 6.07) is 12.2. The van der Waals surface area contributed by atoms with Gasteiger partial charge in [0.2, 0.25) is 0 Å². The van der Waals surface area contributed by atoms with E-state index < -0.39 is 4.92 Å². The van der Waals surface area contributed by atoms with E-state index in [0.29, 0.717) is 5.56 Å². The van der Waals surface area contributed by atoms with Crippen molar-refractivity contribution in [3.05, 3.63) is 66.7 Å². The van der Waals surface area contributed by atoms with E-state index in [0.717, 1.165) is 9.32 Å². The van der Waals surface area contributed by atoms with Crippen molar-refractivity contribution in [3.8, 4) is 5.75 Å². The van der Waals surface area contributed by atoms with Crippen molar-refractivity contribution in [3.63, 3.8) is 0 Å². The van der Waals surface area contributed by atoms with E-state index >= 15 is 0 Å². The molecule has 19 heavy (non-hydrogen) atoms. The molecule has 0 saturated carbocycles. The number of nitro benzene ring substituents is 1. The highest BCUT2D eigenvalue weighted by molar-refractivity contribution is 14.1. The summed E-state index contributed by atoms with van der Waals surface area (Å²) in [5.74, 6) is 0.726. The zero-order valence-electron chi connectivity index (χ0n) is 9.68. The third-order valence-corrected chi connectivity index (χ3v) is 3.40. The Balaban J connectivity index is 2.12. The molecule has 0 bridgehead atoms. The molecule has 4 nitrogen and oxygen atoms in total. The smallest absolute Gasteiger partial charge is 0.288 e. The van der Waals surface area contributed by atoms with Crippen molar-refractivity contribution in [1.29, 1.82) is 0 Å². The van der Waals surface area contributed by atoms with Crippen LogP contribution in [-0.2, 0) is 6.61 Å². The minimum absolute atomic E-state index is 0.106. The minimum Gasteiger partial charge on any atom is -0.489 e. The van der Waals surface area contributed by atoms with Crippen LogP contribution in [-0.4, -0.2) is 4.92 Å². The summed E-state index contributed by atoms with van der Waals surface area (Å²) in [6.45, 7) is 0.262. The van der Waals surface area contributed by atoms with Gasteiger partial charge in [-0.25, -0.2) is 0 Å². The molecule has 0 saturated heterocycles. The lowest BCUT2D eigenvalue weighted by Gasteiger charge is -2.07. The van der Waals surface area contributed by atoms with E-state index in [-0.39, 0.29) is 17.3 Å². The normalized spacial score (nSPS) is 10.2. The second-order valence-corrected chi connectivity index (χ2v) is 5.44. The topological polar surface area (TPSA) is 52.4 Å². The zero-order valence-corrected chi connectivity index (χ0v) is 12.6. The molecule has 0 atom stereocenters. The molecule has 0 aromatic heterocycles. The van der Waals surface area contributed by atoms with Gasteiger partial charge < -0.3 is 4.74 Å². The number of hydrogen-bond acceptors (Lipinski definition) is 3. The molecule has 0 fully saturated rings. The summed E-state index contributed by atoms with van der Waals surface area (Å²) in [6.07, 6.45) is 0. The fourth-order valence-corrected chi connectivity index (χ4v) is 2.21. The summed E-state index contributed by atoms with van der Waals surface area (Å²) in [7, 11) is 0. The second kappa shape index (κ2) is 6.21. The van der Waals surface area contributed by atoms with Gasteiger partial charge in [-0.05, 0) is 52.4 Å². The molecule has 0 amide bonds. The van der Waals surface area contributed by atoms with Crippen LogP contribution in [0, 0.1) is 13.7 Å². The van der Waals surface area contributed by atoms with Gasteiger partial charge in [-0.1, -0.05) is 23.7 Å². The number of halogens is 2. The molecular weight excluding hydrogens is 381 g/mol. The van der Waals surface area contributed by atoms with Crippen molar-refractivity contribution < 1.29 is 9.66 Å². The molecule has 98 valence electrons. The Morgan fingerprint density at radius 2 is 2.05 bits per heavy atom. The third kappa shape index (κ3) is 3.81. The Kier molecular flexibility index (Phi) is 4.60. The van der Waals surface area contributed by atoms with Crippen molar-refractivity contribution in [1.82, 2.24) is 0 Å². The molecule has 0 heterocycles. The molecule has 0 radical (unpaired) electrons. The summed E-state index contributed by atoms with van der Waals surface area (Å²) in [5.41, 5.74) is 0.598. The van der Waals surface area contributed by atoms with Gasteiger partial charge in [0.1, 0.15) is 17.4 Å². The molecule has 0 aliphatic carbocycles. The van der Waals surface area contributed by atoms with Crippen LogP contribution < -0.4 is 4.74 Å². The first-order valence-corrected chi connectivity index (χ1v) is 6.83. The summed E-state index contributed by atoms with van der Waals surface area (Å²) in [4.78, 5) is 10.3. The zero-order chi connectivity index (χ0) is 13.8. The number of rotatable bonds is 4. The molecule has 0 N–H and O–H groups in total. The van der Waals surface area contributed by atoms with E-state index in [1.807, 2.05) is 24.3 Å². The maximum absolute atomic E-state index is 10.8. The summed E-state index contributed by atoms with van der Waals surface area (Å²) >= 11 is 7.94. The lowest BCUT2D eigenvalue weighted by Crippen LogP contribution is -1.97. The van der Waals surface area contributed by atoms with Gasteiger partial charge in [0.15, 0.2) is 0 Å². The number of benzene rings is 2. The average molecular weight is 390 g/mol. The number of ether oxygens (including phenoxy) is 1. The molecule has 2 aromatic carbocycles. The molecule has 0 aliphatic heterocycles. The van der Waals surface area contributed by atoms with E-state index in [1.165, 1.54) is 12.1 Å². The van der Waals surface area contributed by atoms with Crippen LogP contribution in [0.3, 0.4) is 0 Å². The molecule has 2 aromatic rings. The molecule has 2 rings (SSSR count). The summed E-state index contributed by atoms with van der Waals surface area (Å²) in [5, 5.41) is 10.9. The second-order valence-electron chi connectivity index (χ2n) is 3.79. The minimum atomic E-state index is -0.503. The number of nitrogens with zero attached hydrogens (tertiary/aromatic N) is 1. The first-order valence-electron chi connectivity index (χ1n) is 5.37. The van der Waals surface area contributed by atoms with Gasteiger partial charge in [0, 0.05) is 9.64 Å². The Bertz CT molecular complexity index is 619. The predicted octanol–water partition coefficient (Wildman–Crippen LogP) is 4.43. The van der Waals surface area contributed by atoms with Crippen LogP contribution >= 0.6 is 34.2 Å². The Morgan fingerprint density at radius 3 is 2.74 bits per heavy atom. The van der Waals surface area contributed by atoms with Crippen LogP contribution in [0.15, 0.2) is 42.5 Å². The molecular formula is C13H9ClINO3. The van der Waals surface area contributed by atoms with Gasteiger partial charge in [-0.3, -0.25) is 10.1 Å². The monoisotopic (exact) mass is 389 g/mol. The first-order chi connectivity index (χ1) is 9.06. The third-order valence-electron chi connectivity index (χ3n) is 2.41. The quantitative estimate of drug-likeness (QED) is 0.441. The average Bonchev–Trinajstić information content (AvgIpc) is 2.37. The van der Waals surface area contributed by atoms with Crippen molar-refractivity contribution in [2.24, 2.45) is 0 Å². The van der Waals surface area contributed by atoms with Crippen LogP contribution in [0.1, 0.15) is 5.56 Å². The largest absolute Gasteiger partial charge is 0.489 e. The Labute approximate surface area is 128 Å². The van der Waals surface area contributed by atoms with E-state index in [1.54, 1.807) is 6.07 Å². The lowest BCUT2D eigenvalue weighted by molar-refractivity contribution is -0.384. The van der Waals surface area contributed by atoms with E-state index in [4.69, 9.17) is 16.3 Å². The van der Waals surface area contributed by atoms with Crippen LogP contribution in [0.4, 0.5) is 5.69 Å². The van der Waals surface area contributed by atoms with Crippen molar-refractivity contribution >= 4 is 39.9 Å². The Morgan fingerprint density at radius 1 is 1.26 bits per heavy atom. The van der Waals surface area contributed by atoms with Crippen molar-refractivity contribution in [2.45, 2.75) is 6.61 Å². The molecule has 0 spiro atoms. The SMILES string of the molecule is O=[N+]([O-])c1cc(COc2cccc(I)c2)ccc1Cl. The van der Waals surface area contributed by atoms with Crippen molar-refractivity contribution in [2.75, 3.05) is 0 Å². The maximum atomic E-state index is 10.8. The Hall–Kier alpha value is -1.34. The summed E-state index contributed by atoms with van der Waals surface area (Å²) < 4.78 is 6.64. The lowest BCUT2D eigenvalue weighted by atomic mass is 10.2. The highest BCUT2D eigenvalue weighted by Crippen LogP contribution is 2.25. The van der Waals surface area contributed by atoms with E-state index in [2.05, 4.69) is 22.6 Å². The van der Waals surface area contributed by atoms with Crippen LogP contribution in [0.2, 0.25) is 5.02 Å². The van der Waals surface area contributed by atoms with Crippen LogP contribution in [0.25, 0.3) is 0 Å². The maximum Gasteiger partial charge on any atom is 0.288 e. The van der Waals surface area contributed by atoms with Crippen LogP contribution in [0.5, 0.6) is 5.75 Å². The van der Waals surface area contributed by atoms with Gasteiger partial charge >= 0.3 is 0 Å². The fourth-order valence-electron chi connectivity index (χ4n) is 1.51. The highest BCUT2D eigenvalue weighted by atomic mass is 127. The number of nitro groups is 1. The highest BCUT2D eigenvalue weighted by Gasteiger charge is 2.12. The van der Waals surface area contributed by atoms with Gasteiger partial charge in [0.25, 0.3) is 5.69 Å². The van der Waals surface area contributed by atoms with Gasteiger partial charge in [-0.15, -0.1) is 0 Å². The molecule has 6 heteroatoms. The van der Waals surface area contributed by atoms with Gasteiger partial charge in [0.05, 0.1) is 4.92 Å².